The van der Waals surface area contributed by atoms with Gasteiger partial charge in [0.05, 0.1) is 28.6 Å². The lowest BCUT2D eigenvalue weighted by molar-refractivity contribution is 0.280. The number of hydrogen-bond acceptors (Lipinski definition) is 7. The number of rotatable bonds is 5. The summed E-state index contributed by atoms with van der Waals surface area (Å²) in [5.74, 6) is 1.76. The molecule has 1 N–H and O–H groups in total. The van der Waals surface area contributed by atoms with Gasteiger partial charge in [-0.2, -0.15) is 0 Å². The Morgan fingerprint density at radius 3 is 2.52 bits per heavy atom. The molecule has 166 valence electrons. The molecular weight excluding hydrogens is 414 g/mol. The van der Waals surface area contributed by atoms with Gasteiger partial charge in [0.15, 0.2) is 9.84 Å². The van der Waals surface area contributed by atoms with Gasteiger partial charge < -0.3 is 14.6 Å². The summed E-state index contributed by atoms with van der Waals surface area (Å²) in [6.07, 6.45) is 3.57. The predicted octanol–water partition coefficient (Wildman–Crippen LogP) is 2.81. The third-order valence-corrected chi connectivity index (χ3v) is 7.21. The van der Waals surface area contributed by atoms with Gasteiger partial charge in [-0.25, -0.2) is 23.4 Å². The molecule has 0 spiro atoms. The number of aromatic nitrogens is 4. The molecule has 0 bridgehead atoms. The second kappa shape index (κ2) is 7.87. The Labute approximate surface area is 182 Å². The van der Waals surface area contributed by atoms with E-state index in [-0.39, 0.29) is 18.6 Å². The van der Waals surface area contributed by atoms with Crippen molar-refractivity contribution in [2.75, 3.05) is 17.7 Å². The van der Waals surface area contributed by atoms with Gasteiger partial charge in [-0.1, -0.05) is 20.8 Å². The Hall–Kier alpha value is -2.52. The minimum Gasteiger partial charge on any atom is -0.392 e. The first-order chi connectivity index (χ1) is 14.7. The molecule has 0 fully saturated rings. The number of aliphatic hydroxyl groups excluding tert-OH is 1. The maximum atomic E-state index is 12.4. The molecule has 0 saturated heterocycles. The molecule has 0 saturated carbocycles. The van der Waals surface area contributed by atoms with E-state index in [1.54, 1.807) is 12.3 Å². The summed E-state index contributed by atoms with van der Waals surface area (Å²) < 4.78 is 26.9. The SMILES string of the molecule is CCc1cc2nc3n(c2cc1S(C)(=O)=O)CCN(c1ncc(CO)c(C)n1)[C@@H]3C(C)C. The van der Waals surface area contributed by atoms with E-state index in [9.17, 15) is 13.5 Å². The molecule has 9 heteroatoms. The lowest BCUT2D eigenvalue weighted by Crippen LogP contribution is -2.42. The summed E-state index contributed by atoms with van der Waals surface area (Å²) >= 11 is 0. The van der Waals surface area contributed by atoms with E-state index in [2.05, 4.69) is 33.3 Å². The van der Waals surface area contributed by atoms with Crippen molar-refractivity contribution < 1.29 is 13.5 Å². The maximum absolute atomic E-state index is 12.4. The van der Waals surface area contributed by atoms with Gasteiger partial charge in [0.2, 0.25) is 5.95 Å². The maximum Gasteiger partial charge on any atom is 0.226 e. The molecule has 4 rings (SSSR count). The quantitative estimate of drug-likeness (QED) is 0.647. The smallest absolute Gasteiger partial charge is 0.226 e. The van der Waals surface area contributed by atoms with Crippen molar-refractivity contribution in [3.63, 3.8) is 0 Å². The monoisotopic (exact) mass is 443 g/mol. The van der Waals surface area contributed by atoms with Crippen molar-refractivity contribution in [1.29, 1.82) is 0 Å². The van der Waals surface area contributed by atoms with E-state index in [1.165, 1.54) is 6.26 Å². The number of hydrogen-bond donors (Lipinski definition) is 1. The van der Waals surface area contributed by atoms with Gasteiger partial charge in [-0.05, 0) is 37.0 Å². The third kappa shape index (κ3) is 3.70. The molecule has 1 aliphatic rings. The van der Waals surface area contributed by atoms with Gasteiger partial charge in [0.1, 0.15) is 5.82 Å². The fourth-order valence-electron chi connectivity index (χ4n) is 4.44. The molecule has 3 aromatic rings. The van der Waals surface area contributed by atoms with Crippen molar-refractivity contribution in [2.24, 2.45) is 5.92 Å². The van der Waals surface area contributed by atoms with Crippen molar-refractivity contribution in [3.05, 3.63) is 41.0 Å². The Morgan fingerprint density at radius 1 is 1.19 bits per heavy atom. The van der Waals surface area contributed by atoms with Crippen LogP contribution in [0.2, 0.25) is 0 Å². The third-order valence-electron chi connectivity index (χ3n) is 6.03. The Kier molecular flexibility index (Phi) is 5.51. The minimum atomic E-state index is -3.33. The number of imidazole rings is 1. The average Bonchev–Trinajstić information content (AvgIpc) is 3.08. The summed E-state index contributed by atoms with van der Waals surface area (Å²) in [4.78, 5) is 16.6. The molecule has 1 aromatic carbocycles. The molecule has 0 radical (unpaired) electrons. The molecule has 0 amide bonds. The van der Waals surface area contributed by atoms with Gasteiger partial charge in [-0.3, -0.25) is 0 Å². The van der Waals surface area contributed by atoms with E-state index in [4.69, 9.17) is 4.98 Å². The van der Waals surface area contributed by atoms with Crippen LogP contribution in [-0.4, -0.2) is 45.8 Å². The fraction of sp³-hybridized carbons (Fsp3) is 0.500. The van der Waals surface area contributed by atoms with Crippen LogP contribution in [0.1, 0.15) is 49.5 Å². The molecule has 0 aliphatic carbocycles. The van der Waals surface area contributed by atoms with Crippen molar-refractivity contribution >= 4 is 26.8 Å². The molecule has 31 heavy (non-hydrogen) atoms. The normalized spacial score (nSPS) is 16.9. The summed E-state index contributed by atoms with van der Waals surface area (Å²) in [6.45, 7) is 9.37. The number of sulfone groups is 1. The molecule has 0 unspecified atom stereocenters. The van der Waals surface area contributed by atoms with E-state index in [1.807, 2.05) is 19.9 Å². The van der Waals surface area contributed by atoms with Gasteiger partial charge >= 0.3 is 0 Å². The number of aliphatic hydroxyl groups is 1. The number of benzene rings is 1. The zero-order chi connectivity index (χ0) is 22.5. The van der Waals surface area contributed by atoms with Crippen LogP contribution in [-0.2, 0) is 29.4 Å². The Bertz CT molecular complexity index is 1250. The van der Waals surface area contributed by atoms with Crippen LogP contribution in [0.5, 0.6) is 0 Å². The molecule has 1 aliphatic heterocycles. The highest BCUT2D eigenvalue weighted by Crippen LogP contribution is 2.37. The number of nitrogens with zero attached hydrogens (tertiary/aromatic N) is 5. The summed E-state index contributed by atoms with van der Waals surface area (Å²) in [7, 11) is -3.33. The standard InChI is InChI=1S/C22H29N5O3S/c1-6-15-9-17-18(10-19(15)31(5,29)30)26-7-8-27(20(13(2)3)21(26)25-17)22-23-11-16(12-28)14(4)24-22/h9-11,13,20,28H,6-8,12H2,1-5H3/t20-/m1/s1. The molecule has 1 atom stereocenters. The molecule has 3 heterocycles. The van der Waals surface area contributed by atoms with Crippen molar-refractivity contribution in [2.45, 2.75) is 58.2 Å². The highest BCUT2D eigenvalue weighted by Gasteiger charge is 2.35. The zero-order valence-corrected chi connectivity index (χ0v) is 19.4. The van der Waals surface area contributed by atoms with Gasteiger partial charge in [-0.15, -0.1) is 0 Å². The molecule has 8 nitrogen and oxygen atoms in total. The van der Waals surface area contributed by atoms with Crippen LogP contribution in [0.15, 0.2) is 23.2 Å². The van der Waals surface area contributed by atoms with E-state index >= 15 is 0 Å². The average molecular weight is 444 g/mol. The number of aryl methyl sites for hydroxylation is 2. The first-order valence-corrected chi connectivity index (χ1v) is 12.5. The minimum absolute atomic E-state index is 0.0488. The van der Waals surface area contributed by atoms with Crippen LogP contribution in [0.25, 0.3) is 11.0 Å². The van der Waals surface area contributed by atoms with Crippen molar-refractivity contribution in [1.82, 2.24) is 19.5 Å². The zero-order valence-electron chi connectivity index (χ0n) is 18.6. The lowest BCUT2D eigenvalue weighted by Gasteiger charge is -2.38. The van der Waals surface area contributed by atoms with E-state index in [0.717, 1.165) is 33.7 Å². The first kappa shape index (κ1) is 21.7. The van der Waals surface area contributed by atoms with Crippen LogP contribution in [0, 0.1) is 12.8 Å². The Morgan fingerprint density at radius 2 is 1.94 bits per heavy atom. The lowest BCUT2D eigenvalue weighted by atomic mass is 10.00. The van der Waals surface area contributed by atoms with Gasteiger partial charge in [0.25, 0.3) is 0 Å². The second-order valence-electron chi connectivity index (χ2n) is 8.52. The van der Waals surface area contributed by atoms with Crippen molar-refractivity contribution in [3.8, 4) is 0 Å². The van der Waals surface area contributed by atoms with Crippen LogP contribution in [0.4, 0.5) is 5.95 Å². The Balaban J connectivity index is 1.87. The highest BCUT2D eigenvalue weighted by atomic mass is 32.2. The molecule has 2 aromatic heterocycles. The van der Waals surface area contributed by atoms with E-state index < -0.39 is 9.84 Å². The van der Waals surface area contributed by atoms with Crippen LogP contribution in [0.3, 0.4) is 0 Å². The topological polar surface area (TPSA) is 101 Å². The molecular formula is C22H29N5O3S. The largest absolute Gasteiger partial charge is 0.392 e. The fourth-order valence-corrected chi connectivity index (χ4v) is 5.44. The summed E-state index contributed by atoms with van der Waals surface area (Å²) in [5.41, 5.74) is 3.95. The van der Waals surface area contributed by atoms with Crippen LogP contribution >= 0.6 is 0 Å². The van der Waals surface area contributed by atoms with E-state index in [0.29, 0.717) is 30.4 Å². The highest BCUT2D eigenvalue weighted by molar-refractivity contribution is 7.90. The summed E-state index contributed by atoms with van der Waals surface area (Å²) in [6, 6.07) is 3.64. The number of fused-ring (bicyclic) bond motifs is 3. The van der Waals surface area contributed by atoms with Gasteiger partial charge in [0, 0.05) is 36.8 Å². The summed E-state index contributed by atoms with van der Waals surface area (Å²) in [5, 5.41) is 9.44. The number of anilines is 1. The first-order valence-electron chi connectivity index (χ1n) is 10.6. The predicted molar refractivity (Wildman–Crippen MR) is 120 cm³/mol. The van der Waals surface area contributed by atoms with Crippen LogP contribution < -0.4 is 4.90 Å². The second-order valence-corrected chi connectivity index (χ2v) is 10.5.